The minimum atomic E-state index is -1.14. The van der Waals surface area contributed by atoms with Crippen LogP contribution in [0.5, 0.6) is 5.75 Å². The molecule has 5 atom stereocenters. The summed E-state index contributed by atoms with van der Waals surface area (Å²) in [5.74, 6) is -1.39. The number of carbonyl (C=O) groups excluding carboxylic acids is 2. The van der Waals surface area contributed by atoms with Crippen molar-refractivity contribution in [3.63, 3.8) is 0 Å². The number of aliphatic hydroxyl groups excluding tert-OH is 1. The van der Waals surface area contributed by atoms with Gasteiger partial charge in [0.05, 0.1) is 32.0 Å². The maximum Gasteiger partial charge on any atom is 0.243 e. The number of hydrogen-bond acceptors (Lipinski definition) is 6. The Labute approximate surface area is 245 Å². The number of amides is 2. The number of halogens is 2. The summed E-state index contributed by atoms with van der Waals surface area (Å²) < 4.78 is 39.4. The van der Waals surface area contributed by atoms with Crippen LogP contribution in [0, 0.1) is 11.6 Å². The van der Waals surface area contributed by atoms with E-state index in [2.05, 4.69) is 23.8 Å². The predicted octanol–water partition coefficient (Wildman–Crippen LogP) is 3.91. The lowest BCUT2D eigenvalue weighted by atomic mass is 9.99. The fourth-order valence-corrected chi connectivity index (χ4v) is 5.76. The summed E-state index contributed by atoms with van der Waals surface area (Å²) >= 11 is 0. The summed E-state index contributed by atoms with van der Waals surface area (Å²) in [4.78, 5) is 27.4. The van der Waals surface area contributed by atoms with E-state index in [0.717, 1.165) is 17.2 Å². The van der Waals surface area contributed by atoms with E-state index in [1.807, 2.05) is 18.2 Å². The third-order valence-corrected chi connectivity index (χ3v) is 7.80. The first-order valence-electron chi connectivity index (χ1n) is 14.2. The molecular weight excluding hydrogens is 544 g/mol. The normalized spacial score (nSPS) is 20.1. The summed E-state index contributed by atoms with van der Waals surface area (Å²) in [7, 11) is 1.59. The smallest absolute Gasteiger partial charge is 0.243 e. The lowest BCUT2D eigenvalue weighted by molar-refractivity contribution is -0.138. The SMILES string of the molecule is C=CCO[C@@H]1C[C@H](NC[C@H](O)[C@H](Cc2cc(F)cc(F)c2)NC(=O)[C@H](CC=C)N2CCCC2=O)c2cc(OC)ccc21. The number of aliphatic hydroxyl groups is 1. The van der Waals surface area contributed by atoms with Gasteiger partial charge in [-0.1, -0.05) is 18.2 Å². The van der Waals surface area contributed by atoms with Crippen LogP contribution in [0.15, 0.2) is 61.7 Å². The highest BCUT2D eigenvalue weighted by Gasteiger charge is 2.35. The van der Waals surface area contributed by atoms with E-state index in [1.54, 1.807) is 19.3 Å². The van der Waals surface area contributed by atoms with Crippen LogP contribution in [-0.4, -0.2) is 66.8 Å². The van der Waals surface area contributed by atoms with Crippen LogP contribution in [0.25, 0.3) is 0 Å². The van der Waals surface area contributed by atoms with Gasteiger partial charge in [-0.15, -0.1) is 13.2 Å². The van der Waals surface area contributed by atoms with Crippen LogP contribution >= 0.6 is 0 Å². The molecule has 4 rings (SSSR count). The Morgan fingerprint density at radius 1 is 1.17 bits per heavy atom. The Hall–Kier alpha value is -3.60. The van der Waals surface area contributed by atoms with Crippen LogP contribution in [0.3, 0.4) is 0 Å². The zero-order chi connectivity index (χ0) is 30.2. The van der Waals surface area contributed by atoms with E-state index >= 15 is 0 Å². The number of hydrogen-bond donors (Lipinski definition) is 3. The third kappa shape index (κ3) is 7.61. The molecule has 3 N–H and O–H groups in total. The monoisotopic (exact) mass is 583 g/mol. The van der Waals surface area contributed by atoms with Crippen LogP contribution in [0.4, 0.5) is 8.78 Å². The molecule has 0 radical (unpaired) electrons. The van der Waals surface area contributed by atoms with Crippen molar-refractivity contribution in [3.8, 4) is 5.75 Å². The highest BCUT2D eigenvalue weighted by molar-refractivity contribution is 5.89. The molecule has 2 aromatic rings. The van der Waals surface area contributed by atoms with E-state index in [4.69, 9.17) is 9.47 Å². The predicted molar refractivity (Wildman–Crippen MR) is 155 cm³/mol. The first-order chi connectivity index (χ1) is 20.2. The van der Waals surface area contributed by atoms with Gasteiger partial charge in [-0.3, -0.25) is 9.59 Å². The quantitative estimate of drug-likeness (QED) is 0.275. The van der Waals surface area contributed by atoms with Gasteiger partial charge in [-0.2, -0.15) is 0 Å². The van der Waals surface area contributed by atoms with Gasteiger partial charge in [0.15, 0.2) is 0 Å². The first-order valence-corrected chi connectivity index (χ1v) is 14.2. The largest absolute Gasteiger partial charge is 0.497 e. The second kappa shape index (κ2) is 14.5. The Kier molecular flexibility index (Phi) is 10.8. The number of nitrogens with one attached hydrogen (secondary N) is 2. The standard InChI is InChI=1S/C32H39F2N3O5/c1-4-7-28(37-11-6-8-31(37)39)32(40)36-27(15-20-13-21(33)16-22(34)14-20)29(38)19-35-26-18-30(42-12-5-2)24-10-9-23(41-3)17-25(24)26/h4-5,9-10,13-14,16-17,26-30,35,38H,1-2,6-8,11-12,15,18-19H2,3H3,(H,36,40)/t26-,27-,28-,29-,30+/m0/s1. The Morgan fingerprint density at radius 2 is 1.93 bits per heavy atom. The third-order valence-electron chi connectivity index (χ3n) is 7.80. The zero-order valence-corrected chi connectivity index (χ0v) is 23.9. The lowest BCUT2D eigenvalue weighted by Gasteiger charge is -2.31. The number of likely N-dealkylation sites (tertiary alicyclic amines) is 1. The number of carbonyl (C=O) groups is 2. The molecule has 1 saturated heterocycles. The van der Waals surface area contributed by atoms with Gasteiger partial charge in [0.1, 0.15) is 23.4 Å². The van der Waals surface area contributed by atoms with Crippen LogP contribution < -0.4 is 15.4 Å². The molecule has 1 heterocycles. The number of methoxy groups -OCH3 is 1. The summed E-state index contributed by atoms with van der Waals surface area (Å²) in [5, 5.41) is 17.6. The van der Waals surface area contributed by atoms with E-state index in [0.29, 0.717) is 38.2 Å². The van der Waals surface area contributed by atoms with Crippen molar-refractivity contribution in [2.75, 3.05) is 26.8 Å². The van der Waals surface area contributed by atoms with E-state index < -0.39 is 35.7 Å². The molecule has 226 valence electrons. The fraction of sp³-hybridized carbons (Fsp3) is 0.438. The number of fused-ring (bicyclic) bond motifs is 1. The van der Waals surface area contributed by atoms with Gasteiger partial charge < -0.3 is 30.1 Å². The molecular formula is C32H39F2N3O5. The molecule has 0 aromatic heterocycles. The van der Waals surface area contributed by atoms with E-state index in [-0.39, 0.29) is 43.0 Å². The molecule has 0 spiro atoms. The molecule has 1 aliphatic heterocycles. The molecule has 0 saturated carbocycles. The molecule has 10 heteroatoms. The zero-order valence-electron chi connectivity index (χ0n) is 23.9. The van der Waals surface area contributed by atoms with Gasteiger partial charge >= 0.3 is 0 Å². The first kappa shape index (κ1) is 31.3. The van der Waals surface area contributed by atoms with Crippen molar-refractivity contribution in [2.45, 2.75) is 62.4 Å². The molecule has 1 aliphatic carbocycles. The molecule has 2 aromatic carbocycles. The lowest BCUT2D eigenvalue weighted by Crippen LogP contribution is -2.55. The second-order valence-corrected chi connectivity index (χ2v) is 10.7. The van der Waals surface area contributed by atoms with Crippen LogP contribution in [0.2, 0.25) is 0 Å². The van der Waals surface area contributed by atoms with Crippen molar-refractivity contribution in [2.24, 2.45) is 0 Å². The summed E-state index contributed by atoms with van der Waals surface area (Å²) in [5.41, 5.74) is 2.26. The second-order valence-electron chi connectivity index (χ2n) is 10.7. The minimum absolute atomic E-state index is 0.0296. The Bertz CT molecular complexity index is 1270. The van der Waals surface area contributed by atoms with Gasteiger partial charge in [0, 0.05) is 31.6 Å². The Morgan fingerprint density at radius 3 is 2.57 bits per heavy atom. The summed E-state index contributed by atoms with van der Waals surface area (Å²) in [6.45, 7) is 8.35. The van der Waals surface area contributed by atoms with Crippen LogP contribution in [0.1, 0.15) is 54.5 Å². The number of rotatable bonds is 15. The average molecular weight is 584 g/mol. The highest BCUT2D eigenvalue weighted by Crippen LogP contribution is 2.42. The summed E-state index contributed by atoms with van der Waals surface area (Å²) in [6, 6.07) is 7.00. The maximum atomic E-state index is 14.0. The Balaban J connectivity index is 1.53. The number of benzene rings is 2. The molecule has 0 unspecified atom stereocenters. The number of nitrogens with zero attached hydrogens (tertiary/aromatic N) is 1. The van der Waals surface area contributed by atoms with Crippen molar-refractivity contribution >= 4 is 11.8 Å². The molecule has 42 heavy (non-hydrogen) atoms. The minimum Gasteiger partial charge on any atom is -0.497 e. The molecule has 2 amide bonds. The maximum absolute atomic E-state index is 14.0. The number of ether oxygens (including phenoxy) is 2. The molecule has 1 fully saturated rings. The van der Waals surface area contributed by atoms with Gasteiger partial charge in [-0.25, -0.2) is 8.78 Å². The van der Waals surface area contributed by atoms with Crippen molar-refractivity contribution < 1.29 is 33.0 Å². The average Bonchev–Trinajstić information content (AvgIpc) is 3.54. The van der Waals surface area contributed by atoms with Gasteiger partial charge in [-0.05, 0) is 66.6 Å². The molecule has 2 aliphatic rings. The van der Waals surface area contributed by atoms with E-state index in [1.165, 1.54) is 17.0 Å². The van der Waals surface area contributed by atoms with E-state index in [9.17, 15) is 23.5 Å². The van der Waals surface area contributed by atoms with Crippen molar-refractivity contribution in [3.05, 3.63) is 90.0 Å². The molecule has 0 bridgehead atoms. The van der Waals surface area contributed by atoms with Crippen molar-refractivity contribution in [1.82, 2.24) is 15.5 Å². The van der Waals surface area contributed by atoms with Gasteiger partial charge in [0.2, 0.25) is 11.8 Å². The topological polar surface area (TPSA) is 100 Å². The summed E-state index contributed by atoms with van der Waals surface area (Å²) in [6.07, 6.45) is 3.77. The fourth-order valence-electron chi connectivity index (χ4n) is 5.76. The van der Waals surface area contributed by atoms with Gasteiger partial charge in [0.25, 0.3) is 0 Å². The highest BCUT2D eigenvalue weighted by atomic mass is 19.1. The molecule has 8 nitrogen and oxygen atoms in total. The van der Waals surface area contributed by atoms with Crippen LogP contribution in [-0.2, 0) is 20.7 Å². The van der Waals surface area contributed by atoms with Crippen molar-refractivity contribution in [1.29, 1.82) is 0 Å².